The van der Waals surface area contributed by atoms with Gasteiger partial charge in [0.05, 0.1) is 7.11 Å². The summed E-state index contributed by atoms with van der Waals surface area (Å²) in [6.45, 7) is 4.77. The van der Waals surface area contributed by atoms with Crippen LogP contribution in [0.25, 0.3) is 0 Å². The van der Waals surface area contributed by atoms with E-state index in [1.54, 1.807) is 7.11 Å². The molecule has 1 N–H and O–H groups in total. The molecule has 0 radical (unpaired) electrons. The van der Waals surface area contributed by atoms with Crippen LogP contribution in [0.1, 0.15) is 32.3 Å². The van der Waals surface area contributed by atoms with Gasteiger partial charge in [-0.25, -0.2) is 0 Å². The number of carbonyl (C=O) groups is 1. The van der Waals surface area contributed by atoms with Gasteiger partial charge in [0.2, 0.25) is 5.91 Å². The van der Waals surface area contributed by atoms with Crippen molar-refractivity contribution in [2.45, 2.75) is 33.2 Å². The molecule has 17 heavy (non-hydrogen) atoms. The average molecular weight is 235 g/mol. The van der Waals surface area contributed by atoms with Gasteiger partial charge < -0.3 is 10.1 Å². The van der Waals surface area contributed by atoms with E-state index in [4.69, 9.17) is 4.74 Å². The van der Waals surface area contributed by atoms with Gasteiger partial charge in [-0.3, -0.25) is 4.79 Å². The second-order valence-electron chi connectivity index (χ2n) is 4.34. The third-order valence-corrected chi connectivity index (χ3v) is 2.88. The maximum Gasteiger partial charge on any atom is 0.220 e. The molecule has 0 aliphatic rings. The fourth-order valence-electron chi connectivity index (χ4n) is 1.48. The van der Waals surface area contributed by atoms with Crippen molar-refractivity contribution in [2.24, 2.45) is 5.92 Å². The summed E-state index contributed by atoms with van der Waals surface area (Å²) in [7, 11) is 1.64. The molecule has 0 saturated carbocycles. The smallest absolute Gasteiger partial charge is 0.220 e. The molecule has 0 fully saturated rings. The third-order valence-electron chi connectivity index (χ3n) is 2.88. The fourth-order valence-corrected chi connectivity index (χ4v) is 1.48. The Labute approximate surface area is 103 Å². The molecule has 94 valence electrons. The number of amides is 1. The lowest BCUT2D eigenvalue weighted by molar-refractivity contribution is -0.122. The molecule has 0 aromatic heterocycles. The lowest BCUT2D eigenvalue weighted by Crippen LogP contribution is -2.24. The molecule has 3 nitrogen and oxygen atoms in total. The van der Waals surface area contributed by atoms with E-state index in [1.807, 2.05) is 24.3 Å². The van der Waals surface area contributed by atoms with Crippen molar-refractivity contribution in [1.29, 1.82) is 0 Å². The van der Waals surface area contributed by atoms with Crippen LogP contribution in [0.4, 0.5) is 0 Å². The Bertz CT molecular complexity index is 346. The molecule has 1 unspecified atom stereocenters. The number of rotatable bonds is 6. The first kappa shape index (κ1) is 13.6. The molecule has 1 atom stereocenters. The molecular formula is C14H21NO2. The lowest BCUT2D eigenvalue weighted by Gasteiger charge is -2.09. The zero-order valence-corrected chi connectivity index (χ0v) is 10.8. The molecule has 1 rings (SSSR count). The van der Waals surface area contributed by atoms with Crippen molar-refractivity contribution in [2.75, 3.05) is 7.11 Å². The van der Waals surface area contributed by atoms with Crippen LogP contribution >= 0.6 is 0 Å². The highest BCUT2D eigenvalue weighted by Crippen LogP contribution is 2.11. The first-order valence-corrected chi connectivity index (χ1v) is 6.05. The fraction of sp³-hybridized carbons (Fsp3) is 0.500. The topological polar surface area (TPSA) is 38.3 Å². The lowest BCUT2D eigenvalue weighted by atomic mass is 10.1. The Morgan fingerprint density at radius 1 is 1.35 bits per heavy atom. The maximum absolute atomic E-state index is 11.6. The van der Waals surface area contributed by atoms with Crippen molar-refractivity contribution in [3.63, 3.8) is 0 Å². The van der Waals surface area contributed by atoms with Crippen LogP contribution < -0.4 is 10.1 Å². The van der Waals surface area contributed by atoms with E-state index in [1.165, 1.54) is 0 Å². The van der Waals surface area contributed by atoms with Gasteiger partial charge in [-0.05, 0) is 23.6 Å². The van der Waals surface area contributed by atoms with E-state index in [-0.39, 0.29) is 5.91 Å². The zero-order valence-electron chi connectivity index (χ0n) is 10.8. The molecule has 0 bridgehead atoms. The predicted octanol–water partition coefficient (Wildman–Crippen LogP) is 2.75. The van der Waals surface area contributed by atoms with Gasteiger partial charge in [-0.2, -0.15) is 0 Å². The highest BCUT2D eigenvalue weighted by atomic mass is 16.5. The predicted molar refractivity (Wildman–Crippen MR) is 68.9 cm³/mol. The van der Waals surface area contributed by atoms with Crippen LogP contribution in [0.3, 0.4) is 0 Å². The maximum atomic E-state index is 11.6. The number of methoxy groups -OCH3 is 1. The second kappa shape index (κ2) is 6.94. The number of carbonyl (C=O) groups excluding carboxylic acids is 1. The number of ether oxygens (including phenoxy) is 1. The molecular weight excluding hydrogens is 214 g/mol. The van der Waals surface area contributed by atoms with Crippen LogP contribution in [0.15, 0.2) is 24.3 Å². The molecule has 1 amide bonds. The molecule has 0 spiro atoms. The summed E-state index contributed by atoms with van der Waals surface area (Å²) in [6, 6.07) is 7.72. The minimum atomic E-state index is 0.121. The number of hydrogen-bond acceptors (Lipinski definition) is 2. The quantitative estimate of drug-likeness (QED) is 0.823. The molecule has 0 aliphatic carbocycles. The van der Waals surface area contributed by atoms with Crippen molar-refractivity contribution in [3.8, 4) is 5.75 Å². The molecule has 3 heteroatoms. The SMILES string of the molecule is CCC(C)CC(=O)NCc1ccc(OC)cc1. The van der Waals surface area contributed by atoms with Gasteiger partial charge in [0.1, 0.15) is 5.75 Å². The molecule has 1 aromatic rings. The second-order valence-corrected chi connectivity index (χ2v) is 4.34. The number of benzene rings is 1. The van der Waals surface area contributed by atoms with Crippen LogP contribution in [0.5, 0.6) is 5.75 Å². The Balaban J connectivity index is 2.36. The number of nitrogens with one attached hydrogen (secondary N) is 1. The first-order chi connectivity index (χ1) is 8.15. The van der Waals surface area contributed by atoms with Crippen molar-refractivity contribution in [3.05, 3.63) is 29.8 Å². The van der Waals surface area contributed by atoms with Gasteiger partial charge in [-0.1, -0.05) is 32.4 Å². The summed E-state index contributed by atoms with van der Waals surface area (Å²) < 4.78 is 5.07. The highest BCUT2D eigenvalue weighted by Gasteiger charge is 2.06. The molecule has 0 aliphatic heterocycles. The van der Waals surface area contributed by atoms with Gasteiger partial charge >= 0.3 is 0 Å². The monoisotopic (exact) mass is 235 g/mol. The Hall–Kier alpha value is -1.51. The van der Waals surface area contributed by atoms with Crippen molar-refractivity contribution in [1.82, 2.24) is 5.32 Å². The molecule has 0 saturated heterocycles. The van der Waals surface area contributed by atoms with Crippen LogP contribution in [0.2, 0.25) is 0 Å². The first-order valence-electron chi connectivity index (χ1n) is 6.05. The van der Waals surface area contributed by atoms with Gasteiger partial charge in [0.15, 0.2) is 0 Å². The van der Waals surface area contributed by atoms with Crippen molar-refractivity contribution >= 4 is 5.91 Å². The minimum absolute atomic E-state index is 0.121. The summed E-state index contributed by atoms with van der Waals surface area (Å²) in [5, 5.41) is 2.92. The largest absolute Gasteiger partial charge is 0.497 e. The zero-order chi connectivity index (χ0) is 12.7. The van der Waals surface area contributed by atoms with E-state index < -0.39 is 0 Å². The normalized spacial score (nSPS) is 11.9. The summed E-state index contributed by atoms with van der Waals surface area (Å²) in [6.07, 6.45) is 1.64. The van der Waals surface area contributed by atoms with Gasteiger partial charge in [0, 0.05) is 13.0 Å². The Morgan fingerprint density at radius 3 is 2.53 bits per heavy atom. The summed E-state index contributed by atoms with van der Waals surface area (Å²) in [5.41, 5.74) is 1.09. The highest BCUT2D eigenvalue weighted by molar-refractivity contribution is 5.76. The standard InChI is InChI=1S/C14H21NO2/c1-4-11(2)9-14(16)15-10-12-5-7-13(17-3)8-6-12/h5-8,11H,4,9-10H2,1-3H3,(H,15,16). The summed E-state index contributed by atoms with van der Waals surface area (Å²) in [5.74, 6) is 1.40. The third kappa shape index (κ3) is 4.89. The summed E-state index contributed by atoms with van der Waals surface area (Å²) >= 11 is 0. The molecule has 0 heterocycles. The average Bonchev–Trinajstić information content (AvgIpc) is 2.36. The minimum Gasteiger partial charge on any atom is -0.497 e. The van der Waals surface area contributed by atoms with E-state index in [0.29, 0.717) is 18.9 Å². The van der Waals surface area contributed by atoms with E-state index in [9.17, 15) is 4.79 Å². The van der Waals surface area contributed by atoms with Crippen molar-refractivity contribution < 1.29 is 9.53 Å². The van der Waals surface area contributed by atoms with Crippen LogP contribution in [0, 0.1) is 5.92 Å². The van der Waals surface area contributed by atoms with E-state index >= 15 is 0 Å². The molecule has 1 aromatic carbocycles. The van der Waals surface area contributed by atoms with Gasteiger partial charge in [-0.15, -0.1) is 0 Å². The van der Waals surface area contributed by atoms with E-state index in [2.05, 4.69) is 19.2 Å². The Morgan fingerprint density at radius 2 is 2.00 bits per heavy atom. The summed E-state index contributed by atoms with van der Waals surface area (Å²) in [4.78, 5) is 11.6. The van der Waals surface area contributed by atoms with Crippen LogP contribution in [-0.4, -0.2) is 13.0 Å². The number of hydrogen-bond donors (Lipinski definition) is 1. The van der Waals surface area contributed by atoms with Gasteiger partial charge in [0.25, 0.3) is 0 Å². The van der Waals surface area contributed by atoms with E-state index in [0.717, 1.165) is 17.7 Å². The van der Waals surface area contributed by atoms with Crippen LogP contribution in [-0.2, 0) is 11.3 Å². The Kier molecular flexibility index (Phi) is 5.53.